The first kappa shape index (κ1) is 19.8. The molecule has 2 rings (SSSR count). The van der Waals surface area contributed by atoms with Crippen molar-refractivity contribution in [3.05, 3.63) is 47.6 Å². The highest BCUT2D eigenvalue weighted by atomic mass is 15.0. The number of hydrogen-bond acceptors (Lipinski definition) is 4. The molecule has 0 aromatic carbocycles. The molecule has 0 amide bonds. The Balaban J connectivity index is 2.63. The van der Waals surface area contributed by atoms with Crippen LogP contribution in [0.2, 0.25) is 0 Å². The lowest BCUT2D eigenvalue weighted by Crippen LogP contribution is -2.30. The predicted molar refractivity (Wildman–Crippen MR) is 113 cm³/mol. The van der Waals surface area contributed by atoms with E-state index in [-0.39, 0.29) is 5.41 Å². The third kappa shape index (κ3) is 4.34. The minimum atomic E-state index is 0.138. The molecule has 0 radical (unpaired) electrons. The molecule has 0 aliphatic carbocycles. The number of fused-ring (bicyclic) bond motifs is 1. The lowest BCUT2D eigenvalue weighted by molar-refractivity contribution is 0.359. The second-order valence-corrected chi connectivity index (χ2v) is 7.90. The third-order valence-electron chi connectivity index (χ3n) is 4.60. The summed E-state index contributed by atoms with van der Waals surface area (Å²) in [5.41, 5.74) is 10.9. The summed E-state index contributed by atoms with van der Waals surface area (Å²) in [6.07, 6.45) is 7.71. The molecule has 140 valence electrons. The van der Waals surface area contributed by atoms with Crippen molar-refractivity contribution in [3.8, 4) is 0 Å². The first-order chi connectivity index (χ1) is 12.1. The van der Waals surface area contributed by atoms with Crippen molar-refractivity contribution in [1.82, 2.24) is 9.97 Å². The summed E-state index contributed by atoms with van der Waals surface area (Å²) < 4.78 is 0. The van der Waals surface area contributed by atoms with Crippen LogP contribution in [0.15, 0.2) is 47.0 Å². The van der Waals surface area contributed by atoms with Crippen molar-refractivity contribution in [1.29, 1.82) is 0 Å². The van der Waals surface area contributed by atoms with Gasteiger partial charge in [-0.15, -0.1) is 0 Å². The maximum atomic E-state index is 6.09. The topological polar surface area (TPSA) is 79.1 Å². The van der Waals surface area contributed by atoms with Gasteiger partial charge < -0.3 is 16.0 Å². The smallest absolute Gasteiger partial charge is 0.140 e. The number of H-pyrrole nitrogens is 1. The number of allylic oxidation sites excluding steroid dienone is 3. The predicted octanol–water partition coefficient (Wildman–Crippen LogP) is 4.98. The van der Waals surface area contributed by atoms with E-state index >= 15 is 0 Å². The van der Waals surface area contributed by atoms with Gasteiger partial charge in [-0.25, -0.2) is 9.98 Å². The van der Waals surface area contributed by atoms with E-state index in [2.05, 4.69) is 48.0 Å². The standard InChI is InChI=1S/C21H31N5/c1-8-9-16(26-19(22)13(2)3)15-12-24-20-18(15)17(10-11-23-20)25-14(4)21(5,6)7/h8-12,14H,22H2,1-7H3,(H2,23,24,25)/b9-8-,26-16+. The van der Waals surface area contributed by atoms with Crippen LogP contribution < -0.4 is 11.1 Å². The molecule has 4 N–H and O–H groups in total. The van der Waals surface area contributed by atoms with Gasteiger partial charge in [-0.2, -0.15) is 0 Å². The van der Waals surface area contributed by atoms with Crippen LogP contribution in [-0.4, -0.2) is 21.7 Å². The van der Waals surface area contributed by atoms with E-state index in [9.17, 15) is 0 Å². The third-order valence-corrected chi connectivity index (χ3v) is 4.60. The van der Waals surface area contributed by atoms with Crippen LogP contribution in [0.5, 0.6) is 0 Å². The average Bonchev–Trinajstić information content (AvgIpc) is 2.98. The Morgan fingerprint density at radius 3 is 2.62 bits per heavy atom. The van der Waals surface area contributed by atoms with Crippen LogP contribution >= 0.6 is 0 Å². The average molecular weight is 354 g/mol. The SMILES string of the molecule is C/C=C\C(=N/C(N)=C(C)C)c1c[nH]c2nccc(NC(C)C(C)(C)C)c12. The van der Waals surface area contributed by atoms with Gasteiger partial charge in [0.05, 0.1) is 11.1 Å². The number of nitrogens with two attached hydrogens (primary N) is 1. The van der Waals surface area contributed by atoms with Crippen LogP contribution in [-0.2, 0) is 0 Å². The Hall–Kier alpha value is -2.56. The van der Waals surface area contributed by atoms with E-state index in [1.54, 1.807) is 0 Å². The number of aromatic nitrogens is 2. The normalized spacial score (nSPS) is 14.0. The zero-order valence-corrected chi connectivity index (χ0v) is 16.9. The van der Waals surface area contributed by atoms with E-state index in [1.807, 2.05) is 51.4 Å². The minimum absolute atomic E-state index is 0.138. The Kier molecular flexibility index (Phi) is 5.90. The van der Waals surface area contributed by atoms with Crippen LogP contribution in [0.4, 0.5) is 5.69 Å². The molecule has 0 aliphatic rings. The fraction of sp³-hybridized carbons (Fsp3) is 0.429. The lowest BCUT2D eigenvalue weighted by atomic mass is 9.88. The fourth-order valence-electron chi connectivity index (χ4n) is 2.42. The minimum Gasteiger partial charge on any atom is -0.384 e. The molecule has 2 aromatic heterocycles. The molecule has 0 saturated heterocycles. The Morgan fingerprint density at radius 2 is 2.04 bits per heavy atom. The van der Waals surface area contributed by atoms with Gasteiger partial charge in [-0.1, -0.05) is 26.8 Å². The Bertz CT molecular complexity index is 858. The van der Waals surface area contributed by atoms with E-state index in [0.29, 0.717) is 11.9 Å². The molecule has 0 fully saturated rings. The number of aromatic amines is 1. The van der Waals surface area contributed by atoms with Crippen molar-refractivity contribution in [3.63, 3.8) is 0 Å². The number of aliphatic imine (C=N–C) groups is 1. The maximum Gasteiger partial charge on any atom is 0.140 e. The Morgan fingerprint density at radius 1 is 1.35 bits per heavy atom. The van der Waals surface area contributed by atoms with Crippen molar-refractivity contribution >= 4 is 22.4 Å². The summed E-state index contributed by atoms with van der Waals surface area (Å²) in [7, 11) is 0. The summed E-state index contributed by atoms with van der Waals surface area (Å²) in [6, 6.07) is 2.31. The van der Waals surface area contributed by atoms with E-state index in [1.165, 1.54) is 0 Å². The molecule has 0 bridgehead atoms. The molecule has 0 saturated carbocycles. The highest BCUT2D eigenvalue weighted by molar-refractivity contribution is 6.18. The van der Waals surface area contributed by atoms with Crippen LogP contribution in [0.25, 0.3) is 11.0 Å². The zero-order chi connectivity index (χ0) is 19.5. The number of anilines is 1. The van der Waals surface area contributed by atoms with E-state index < -0.39 is 0 Å². The van der Waals surface area contributed by atoms with Gasteiger partial charge in [-0.05, 0) is 50.8 Å². The van der Waals surface area contributed by atoms with Gasteiger partial charge in [0.2, 0.25) is 0 Å². The molecular weight excluding hydrogens is 322 g/mol. The quantitative estimate of drug-likeness (QED) is 0.663. The van der Waals surface area contributed by atoms with Gasteiger partial charge in [0, 0.05) is 29.7 Å². The maximum absolute atomic E-state index is 6.09. The number of rotatable bonds is 5. The van der Waals surface area contributed by atoms with Gasteiger partial charge in [-0.3, -0.25) is 0 Å². The van der Waals surface area contributed by atoms with Crippen LogP contribution in [0, 0.1) is 5.41 Å². The molecule has 1 unspecified atom stereocenters. The van der Waals surface area contributed by atoms with Crippen molar-refractivity contribution < 1.29 is 0 Å². The fourth-order valence-corrected chi connectivity index (χ4v) is 2.42. The molecule has 0 aliphatic heterocycles. The number of nitrogens with zero attached hydrogens (tertiary/aromatic N) is 2. The van der Waals surface area contributed by atoms with E-state index in [4.69, 9.17) is 5.73 Å². The second kappa shape index (κ2) is 7.77. The number of nitrogens with one attached hydrogen (secondary N) is 2. The summed E-state index contributed by atoms with van der Waals surface area (Å²) in [5.74, 6) is 0.536. The van der Waals surface area contributed by atoms with Crippen molar-refractivity contribution in [2.24, 2.45) is 16.1 Å². The van der Waals surface area contributed by atoms with Gasteiger partial charge >= 0.3 is 0 Å². The molecule has 2 aromatic rings. The van der Waals surface area contributed by atoms with Crippen LogP contribution in [0.3, 0.4) is 0 Å². The molecule has 0 spiro atoms. The van der Waals surface area contributed by atoms with Gasteiger partial charge in [0.15, 0.2) is 0 Å². The van der Waals surface area contributed by atoms with Crippen molar-refractivity contribution in [2.75, 3.05) is 5.32 Å². The highest BCUT2D eigenvalue weighted by Gasteiger charge is 2.22. The Labute approximate surface area is 156 Å². The van der Waals surface area contributed by atoms with Gasteiger partial charge in [0.25, 0.3) is 0 Å². The monoisotopic (exact) mass is 353 g/mol. The first-order valence-corrected chi connectivity index (χ1v) is 9.02. The van der Waals surface area contributed by atoms with Crippen molar-refractivity contribution in [2.45, 2.75) is 54.5 Å². The van der Waals surface area contributed by atoms with E-state index in [0.717, 1.165) is 33.6 Å². The second-order valence-electron chi connectivity index (χ2n) is 7.90. The molecule has 5 nitrogen and oxygen atoms in total. The molecular formula is C21H31N5. The van der Waals surface area contributed by atoms with Crippen LogP contribution in [0.1, 0.15) is 54.0 Å². The molecule has 1 atom stereocenters. The zero-order valence-electron chi connectivity index (χ0n) is 16.9. The molecule has 26 heavy (non-hydrogen) atoms. The summed E-state index contributed by atoms with van der Waals surface area (Å²) in [4.78, 5) is 12.4. The summed E-state index contributed by atoms with van der Waals surface area (Å²) in [6.45, 7) is 14.8. The van der Waals surface area contributed by atoms with Gasteiger partial charge in [0.1, 0.15) is 11.5 Å². The summed E-state index contributed by atoms with van der Waals surface area (Å²) >= 11 is 0. The number of pyridine rings is 1. The first-order valence-electron chi connectivity index (χ1n) is 9.02. The molecule has 5 heteroatoms. The lowest BCUT2D eigenvalue weighted by Gasteiger charge is -2.29. The summed E-state index contributed by atoms with van der Waals surface area (Å²) in [5, 5.41) is 4.67. The molecule has 2 heterocycles. The largest absolute Gasteiger partial charge is 0.384 e. The highest BCUT2D eigenvalue weighted by Crippen LogP contribution is 2.30. The number of hydrogen-bond donors (Lipinski definition) is 3.